The summed E-state index contributed by atoms with van der Waals surface area (Å²) in [7, 11) is 0. The van der Waals surface area contributed by atoms with Crippen LogP contribution in [0.15, 0.2) is 54.7 Å². The summed E-state index contributed by atoms with van der Waals surface area (Å²) >= 11 is 0. The van der Waals surface area contributed by atoms with E-state index in [2.05, 4.69) is 22.4 Å². The summed E-state index contributed by atoms with van der Waals surface area (Å²) in [4.78, 5) is 29.9. The third-order valence-corrected chi connectivity index (χ3v) is 6.95. The van der Waals surface area contributed by atoms with Gasteiger partial charge in [-0.05, 0) is 24.1 Å². The van der Waals surface area contributed by atoms with Crippen LogP contribution in [0.3, 0.4) is 0 Å². The van der Waals surface area contributed by atoms with Crippen LogP contribution < -0.4 is 10.1 Å². The SMILES string of the molecule is CC(=O)N1CCC2(CC1)CC(NC(=O)CCc1c[nH]c3ccccc13)c1ccccc1O2. The van der Waals surface area contributed by atoms with Crippen LogP contribution in [-0.4, -0.2) is 40.4 Å². The topological polar surface area (TPSA) is 74.4 Å². The minimum absolute atomic E-state index is 0.0494. The van der Waals surface area contributed by atoms with Gasteiger partial charge in [0.25, 0.3) is 0 Å². The zero-order chi connectivity index (χ0) is 22.1. The summed E-state index contributed by atoms with van der Waals surface area (Å²) in [5.41, 5.74) is 2.96. The van der Waals surface area contributed by atoms with Crippen molar-refractivity contribution in [2.75, 3.05) is 13.1 Å². The number of nitrogens with zero attached hydrogens (tertiary/aromatic N) is 1. The molecule has 2 N–H and O–H groups in total. The lowest BCUT2D eigenvalue weighted by atomic mass is 9.80. The largest absolute Gasteiger partial charge is 0.487 e. The normalized spacial score (nSPS) is 19.4. The molecule has 3 aromatic rings. The fraction of sp³-hybridized carbons (Fsp3) is 0.385. The zero-order valence-electron chi connectivity index (χ0n) is 18.4. The van der Waals surface area contributed by atoms with Crippen LogP contribution in [0.2, 0.25) is 0 Å². The second-order valence-corrected chi connectivity index (χ2v) is 9.01. The van der Waals surface area contributed by atoms with E-state index in [0.717, 1.165) is 41.7 Å². The second-order valence-electron chi connectivity index (χ2n) is 9.01. The average Bonchev–Trinajstić information content (AvgIpc) is 3.21. The smallest absolute Gasteiger partial charge is 0.220 e. The molecule has 2 amide bonds. The van der Waals surface area contributed by atoms with Crippen LogP contribution in [0.5, 0.6) is 5.75 Å². The van der Waals surface area contributed by atoms with Gasteiger partial charge in [0.2, 0.25) is 11.8 Å². The molecule has 1 unspecified atom stereocenters. The maximum Gasteiger partial charge on any atom is 0.220 e. The number of hydrogen-bond acceptors (Lipinski definition) is 3. The van der Waals surface area contributed by atoms with Crippen molar-refractivity contribution in [2.24, 2.45) is 0 Å². The van der Waals surface area contributed by atoms with Crippen molar-refractivity contribution in [3.8, 4) is 5.75 Å². The number of carbonyl (C=O) groups excluding carboxylic acids is 2. The number of piperidine rings is 1. The van der Waals surface area contributed by atoms with E-state index in [1.807, 2.05) is 47.5 Å². The quantitative estimate of drug-likeness (QED) is 0.653. The van der Waals surface area contributed by atoms with Crippen LogP contribution in [0.25, 0.3) is 10.9 Å². The lowest BCUT2D eigenvalue weighted by molar-refractivity contribution is -0.133. The van der Waals surface area contributed by atoms with Gasteiger partial charge >= 0.3 is 0 Å². The van der Waals surface area contributed by atoms with Crippen LogP contribution in [-0.2, 0) is 16.0 Å². The van der Waals surface area contributed by atoms with Crippen molar-refractivity contribution in [2.45, 2.75) is 50.7 Å². The predicted octanol–water partition coefficient (Wildman–Crippen LogP) is 4.12. The molecule has 2 aromatic carbocycles. The monoisotopic (exact) mass is 431 g/mol. The van der Waals surface area contributed by atoms with Crippen molar-refractivity contribution in [3.05, 3.63) is 65.9 Å². The molecule has 6 heteroatoms. The van der Waals surface area contributed by atoms with Gasteiger partial charge < -0.3 is 19.9 Å². The minimum atomic E-state index is -0.338. The Morgan fingerprint density at radius 2 is 1.88 bits per heavy atom. The first-order valence-corrected chi connectivity index (χ1v) is 11.4. The Kier molecular flexibility index (Phi) is 5.37. The van der Waals surface area contributed by atoms with Gasteiger partial charge in [-0.3, -0.25) is 9.59 Å². The minimum Gasteiger partial charge on any atom is -0.487 e. The average molecular weight is 432 g/mol. The van der Waals surface area contributed by atoms with E-state index >= 15 is 0 Å². The maximum absolute atomic E-state index is 12.9. The molecule has 6 nitrogen and oxygen atoms in total. The molecule has 0 aliphatic carbocycles. The molecular weight excluding hydrogens is 402 g/mol. The number of ether oxygens (including phenoxy) is 1. The number of carbonyl (C=O) groups is 2. The molecule has 3 heterocycles. The highest BCUT2D eigenvalue weighted by atomic mass is 16.5. The fourth-order valence-corrected chi connectivity index (χ4v) is 5.14. The highest BCUT2D eigenvalue weighted by Crippen LogP contribution is 2.44. The number of aromatic nitrogens is 1. The number of fused-ring (bicyclic) bond motifs is 2. The molecule has 2 aliphatic rings. The Morgan fingerprint density at radius 3 is 2.69 bits per heavy atom. The highest BCUT2D eigenvalue weighted by Gasteiger charge is 2.44. The molecule has 1 aromatic heterocycles. The van der Waals surface area contributed by atoms with Gasteiger partial charge in [-0.25, -0.2) is 0 Å². The first-order chi connectivity index (χ1) is 15.5. The van der Waals surface area contributed by atoms with Gasteiger partial charge in [-0.1, -0.05) is 36.4 Å². The molecule has 0 bridgehead atoms. The van der Waals surface area contributed by atoms with Crippen LogP contribution in [0.1, 0.15) is 49.8 Å². The number of para-hydroxylation sites is 2. The molecule has 0 radical (unpaired) electrons. The van der Waals surface area contributed by atoms with Crippen molar-refractivity contribution >= 4 is 22.7 Å². The lowest BCUT2D eigenvalue weighted by Crippen LogP contribution is -2.53. The van der Waals surface area contributed by atoms with E-state index in [9.17, 15) is 9.59 Å². The first-order valence-electron chi connectivity index (χ1n) is 11.4. The molecule has 1 fully saturated rings. The number of benzene rings is 2. The predicted molar refractivity (Wildman–Crippen MR) is 123 cm³/mol. The summed E-state index contributed by atoms with van der Waals surface area (Å²) < 4.78 is 6.47. The van der Waals surface area contributed by atoms with Gasteiger partial charge in [0.05, 0.1) is 6.04 Å². The number of hydrogen-bond donors (Lipinski definition) is 2. The standard InChI is InChI=1S/C26H29N3O3/c1-18(30)29-14-12-26(13-15-29)16-23(21-7-3-5-9-24(21)32-26)28-25(31)11-10-19-17-27-22-8-4-2-6-20(19)22/h2-9,17,23,27H,10-16H2,1H3,(H,28,31). The van der Waals surface area contributed by atoms with E-state index in [-0.39, 0.29) is 23.5 Å². The Hall–Kier alpha value is -3.28. The summed E-state index contributed by atoms with van der Waals surface area (Å²) in [5.74, 6) is 1.00. The van der Waals surface area contributed by atoms with Crippen molar-refractivity contribution < 1.29 is 14.3 Å². The number of H-pyrrole nitrogens is 1. The van der Waals surface area contributed by atoms with Crippen molar-refractivity contribution in [1.29, 1.82) is 0 Å². The first kappa shape index (κ1) is 20.6. The van der Waals surface area contributed by atoms with Gasteiger partial charge in [-0.2, -0.15) is 0 Å². The molecule has 0 saturated carbocycles. The highest BCUT2D eigenvalue weighted by molar-refractivity contribution is 5.84. The van der Waals surface area contributed by atoms with Gasteiger partial charge in [0, 0.05) is 68.4 Å². The van der Waals surface area contributed by atoms with Crippen molar-refractivity contribution in [3.63, 3.8) is 0 Å². The third-order valence-electron chi connectivity index (χ3n) is 6.95. The summed E-state index contributed by atoms with van der Waals surface area (Å²) in [6.45, 7) is 3.00. The van der Waals surface area contributed by atoms with E-state index in [1.54, 1.807) is 6.92 Å². The Morgan fingerprint density at radius 1 is 1.12 bits per heavy atom. The molecular formula is C26H29N3O3. The summed E-state index contributed by atoms with van der Waals surface area (Å²) in [5, 5.41) is 4.46. The van der Waals surface area contributed by atoms with Gasteiger partial charge in [0.1, 0.15) is 11.4 Å². The number of rotatable bonds is 4. The van der Waals surface area contributed by atoms with Gasteiger partial charge in [-0.15, -0.1) is 0 Å². The van der Waals surface area contributed by atoms with Crippen LogP contribution in [0.4, 0.5) is 0 Å². The molecule has 166 valence electrons. The van der Waals surface area contributed by atoms with Gasteiger partial charge in [0.15, 0.2) is 0 Å². The number of nitrogens with one attached hydrogen (secondary N) is 2. The molecule has 1 spiro atoms. The van der Waals surface area contributed by atoms with E-state index in [4.69, 9.17) is 4.74 Å². The second kappa shape index (κ2) is 8.34. The van der Waals surface area contributed by atoms with E-state index < -0.39 is 0 Å². The third kappa shape index (κ3) is 3.97. The molecule has 32 heavy (non-hydrogen) atoms. The van der Waals surface area contributed by atoms with Crippen LogP contribution in [0, 0.1) is 0 Å². The summed E-state index contributed by atoms with van der Waals surface area (Å²) in [6, 6.07) is 16.1. The number of aryl methyl sites for hydroxylation is 1. The summed E-state index contributed by atoms with van der Waals surface area (Å²) in [6.07, 6.45) is 5.42. The Balaban J connectivity index is 1.28. The molecule has 5 rings (SSSR count). The zero-order valence-corrected chi connectivity index (χ0v) is 18.4. The van der Waals surface area contributed by atoms with E-state index in [0.29, 0.717) is 25.9 Å². The molecule has 2 aliphatic heterocycles. The van der Waals surface area contributed by atoms with Crippen LogP contribution >= 0.6 is 0 Å². The fourth-order valence-electron chi connectivity index (χ4n) is 5.14. The van der Waals surface area contributed by atoms with Crippen molar-refractivity contribution in [1.82, 2.24) is 15.2 Å². The number of amides is 2. The molecule has 1 saturated heterocycles. The number of aromatic amines is 1. The number of likely N-dealkylation sites (tertiary alicyclic amines) is 1. The molecule has 1 atom stereocenters. The lowest BCUT2D eigenvalue weighted by Gasteiger charge is -2.46. The Labute approximate surface area is 187 Å². The van der Waals surface area contributed by atoms with E-state index in [1.165, 1.54) is 5.39 Å². The Bertz CT molecular complexity index is 1140. The maximum atomic E-state index is 12.9.